The van der Waals surface area contributed by atoms with Crippen molar-refractivity contribution in [3.63, 3.8) is 0 Å². The van der Waals surface area contributed by atoms with Crippen molar-refractivity contribution < 1.29 is 56.7 Å². The largest absolute Gasteiger partial charge is 0.480 e. The van der Waals surface area contributed by atoms with Crippen LogP contribution in [-0.4, -0.2) is 89.4 Å². The van der Waals surface area contributed by atoms with E-state index in [-0.39, 0.29) is 30.4 Å². The summed E-state index contributed by atoms with van der Waals surface area (Å²) in [4.78, 5) is 12.9. The lowest BCUT2D eigenvalue weighted by molar-refractivity contribution is -0.142. The average molecular weight is 494 g/mol. The number of nitrogens with zero attached hydrogens (tertiary/aromatic N) is 3. The summed E-state index contributed by atoms with van der Waals surface area (Å²) in [5.41, 5.74) is -6.33. The molecule has 0 aromatic carbocycles. The first-order valence-electron chi connectivity index (χ1n) is 7.52. The minimum absolute atomic E-state index is 0.0307. The van der Waals surface area contributed by atoms with Gasteiger partial charge in [-0.3, -0.25) is 9.69 Å². The molecule has 0 spiro atoms. The number of rotatable bonds is 6. The highest BCUT2D eigenvalue weighted by Crippen LogP contribution is 2.40. The molecule has 11 nitrogen and oxygen atoms in total. The van der Waals surface area contributed by atoms with Gasteiger partial charge < -0.3 is 8.86 Å². The number of esters is 1. The van der Waals surface area contributed by atoms with Crippen molar-refractivity contribution in [2.24, 2.45) is 0 Å². The molecule has 2 heterocycles. The Labute approximate surface area is 161 Å². The van der Waals surface area contributed by atoms with E-state index >= 15 is 0 Å². The van der Waals surface area contributed by atoms with Crippen LogP contribution in [0.4, 0.5) is 22.0 Å². The Balaban J connectivity index is 2.20. The zero-order chi connectivity index (χ0) is 22.5. The van der Waals surface area contributed by atoms with Crippen LogP contribution in [0.15, 0.2) is 0 Å². The van der Waals surface area contributed by atoms with Gasteiger partial charge in [0, 0.05) is 32.6 Å². The van der Waals surface area contributed by atoms with E-state index in [9.17, 15) is 52.0 Å². The molecule has 19 heteroatoms. The zero-order valence-corrected chi connectivity index (χ0v) is 16.5. The number of sulfonamides is 3. The van der Waals surface area contributed by atoms with Gasteiger partial charge in [0.2, 0.25) is 0 Å². The minimum Gasteiger partial charge on any atom is -0.464 e. The molecule has 0 aromatic rings. The number of piperazine rings is 1. The Morgan fingerprint density at radius 3 is 1.83 bits per heavy atom. The molecule has 2 aliphatic rings. The maximum atomic E-state index is 14.1. The van der Waals surface area contributed by atoms with Crippen molar-refractivity contribution in [2.75, 3.05) is 32.8 Å². The first-order valence-corrected chi connectivity index (χ1v) is 11.8. The molecular weight excluding hydrogens is 481 g/mol. The molecule has 0 radical (unpaired) electrons. The van der Waals surface area contributed by atoms with E-state index in [1.54, 1.807) is 0 Å². The van der Waals surface area contributed by atoms with Gasteiger partial charge in [0.1, 0.15) is 6.04 Å². The van der Waals surface area contributed by atoms with E-state index in [0.29, 0.717) is 0 Å². The third-order valence-corrected chi connectivity index (χ3v) is 9.72. The Hall–Kier alpha value is -1.15. The quantitative estimate of drug-likeness (QED) is 0.347. The highest BCUT2D eigenvalue weighted by molar-refractivity contribution is 8.18. The smallest absolute Gasteiger partial charge is 0.464 e. The number of halogens is 5. The summed E-state index contributed by atoms with van der Waals surface area (Å²) in [6, 6.07) is -0.740. The Bertz CT molecular complexity index is 971. The summed E-state index contributed by atoms with van der Waals surface area (Å²) in [5.74, 6) is -0.606. The van der Waals surface area contributed by atoms with E-state index in [0.717, 1.165) is 4.13 Å². The summed E-state index contributed by atoms with van der Waals surface area (Å²) in [6.07, 6.45) is 0.268. The summed E-state index contributed by atoms with van der Waals surface area (Å²) in [7, 11) is -20.1. The molecule has 0 bridgehead atoms. The maximum Gasteiger partial charge on any atom is 0.480 e. The molecule has 2 fully saturated rings. The number of cyclic esters (lactones) is 1. The lowest BCUT2D eigenvalue weighted by Crippen LogP contribution is -2.57. The number of carbonyl (C=O) groups is 1. The van der Waals surface area contributed by atoms with Gasteiger partial charge in [-0.1, -0.05) is 0 Å². The number of hydrogen-bond donors (Lipinski definition) is 0. The molecule has 170 valence electrons. The van der Waals surface area contributed by atoms with Crippen LogP contribution in [0.25, 0.3) is 4.13 Å². The Kier molecular flexibility index (Phi) is 6.25. The van der Waals surface area contributed by atoms with Crippen molar-refractivity contribution >= 4 is 36.0 Å². The predicted molar refractivity (Wildman–Crippen MR) is 83.6 cm³/mol. The van der Waals surface area contributed by atoms with Gasteiger partial charge in [-0.25, -0.2) is 25.3 Å². The first-order chi connectivity index (χ1) is 12.9. The van der Waals surface area contributed by atoms with Crippen molar-refractivity contribution in [3.8, 4) is 0 Å². The van der Waals surface area contributed by atoms with E-state index in [4.69, 9.17) is 4.74 Å². The molecule has 2 saturated heterocycles. The van der Waals surface area contributed by atoms with Gasteiger partial charge in [-0.15, -0.1) is 0 Å². The molecule has 2 aliphatic heterocycles. The zero-order valence-electron chi connectivity index (χ0n) is 14.0. The number of hydrogen-bond acceptors (Lipinski definition) is 9. The van der Waals surface area contributed by atoms with E-state index < -0.39 is 65.3 Å². The lowest BCUT2D eigenvalue weighted by Gasteiger charge is -2.37. The number of alkyl halides is 5. The van der Waals surface area contributed by atoms with Crippen LogP contribution in [0, 0.1) is 0 Å². The van der Waals surface area contributed by atoms with Gasteiger partial charge in [0.25, 0.3) is 10.0 Å². The second-order valence-corrected chi connectivity index (χ2v) is 11.6. The SMILES string of the molecule is O=C1OCCC1N1CCN(S(=O)(=O)C(F)(F)S(=O)(=O)[N-]S(=O)(=O)C(F)(F)F)CC1. The van der Waals surface area contributed by atoms with Gasteiger partial charge in [0.05, 0.1) is 6.61 Å². The summed E-state index contributed by atoms with van der Waals surface area (Å²) in [6.45, 7) is -1.93. The molecule has 1 unspecified atom stereocenters. The van der Waals surface area contributed by atoms with Gasteiger partial charge in [-0.05, 0) is 0 Å². The molecule has 0 N–H and O–H groups in total. The number of carbonyl (C=O) groups excluding carboxylic acids is 1. The third kappa shape index (κ3) is 4.33. The van der Waals surface area contributed by atoms with Crippen molar-refractivity contribution in [1.29, 1.82) is 0 Å². The van der Waals surface area contributed by atoms with Crippen LogP contribution >= 0.6 is 0 Å². The molecule has 29 heavy (non-hydrogen) atoms. The van der Waals surface area contributed by atoms with Crippen LogP contribution in [-0.2, 0) is 39.6 Å². The fraction of sp³-hybridized carbons (Fsp3) is 0.900. The second kappa shape index (κ2) is 7.52. The number of ether oxygens (including phenoxy) is 1. The van der Waals surface area contributed by atoms with Crippen molar-refractivity contribution in [1.82, 2.24) is 9.21 Å². The molecule has 2 rings (SSSR count). The Morgan fingerprint density at radius 1 is 0.897 bits per heavy atom. The second-order valence-electron chi connectivity index (χ2n) is 5.85. The fourth-order valence-corrected chi connectivity index (χ4v) is 6.89. The molecular formula is C10H13F5N3O8S3-. The van der Waals surface area contributed by atoms with Crippen LogP contribution in [0.1, 0.15) is 6.42 Å². The molecule has 1 atom stereocenters. The highest BCUT2D eigenvalue weighted by atomic mass is 32.3. The third-order valence-electron chi connectivity index (χ3n) is 4.05. The molecule has 0 amide bonds. The van der Waals surface area contributed by atoms with E-state index in [1.807, 2.05) is 0 Å². The van der Waals surface area contributed by atoms with Crippen LogP contribution in [0.2, 0.25) is 0 Å². The monoisotopic (exact) mass is 494 g/mol. The Morgan fingerprint density at radius 2 is 1.41 bits per heavy atom. The van der Waals surface area contributed by atoms with Gasteiger partial charge in [0.15, 0.2) is 20.0 Å². The normalized spacial score (nSPS) is 23.9. The fourth-order valence-electron chi connectivity index (χ4n) is 2.57. The molecule has 0 saturated carbocycles. The molecule has 0 aromatic heterocycles. The van der Waals surface area contributed by atoms with Crippen LogP contribution in [0.3, 0.4) is 0 Å². The average Bonchev–Trinajstić information content (AvgIpc) is 2.98. The van der Waals surface area contributed by atoms with Gasteiger partial charge in [-0.2, -0.15) is 26.3 Å². The minimum atomic E-state index is -6.98. The standard InChI is InChI=1S/C10H13F5N3O8S3/c11-9(12,13)27(20,21)16-28(22,23)10(14,15)29(24,25)18-4-2-17(3-5-18)7-1-6-26-8(7)19/h7H,1-6H2/q-1. The molecule has 0 aliphatic carbocycles. The summed E-state index contributed by atoms with van der Waals surface area (Å²) < 4.78 is 133. The highest BCUT2D eigenvalue weighted by Gasteiger charge is 2.58. The van der Waals surface area contributed by atoms with Gasteiger partial charge >= 0.3 is 16.1 Å². The van der Waals surface area contributed by atoms with Crippen molar-refractivity contribution in [3.05, 3.63) is 4.13 Å². The lowest BCUT2D eigenvalue weighted by atomic mass is 10.2. The van der Waals surface area contributed by atoms with Crippen LogP contribution in [0.5, 0.6) is 0 Å². The maximum absolute atomic E-state index is 14.1. The van der Waals surface area contributed by atoms with Crippen molar-refractivity contribution in [2.45, 2.75) is 22.6 Å². The van der Waals surface area contributed by atoms with Crippen LogP contribution < -0.4 is 0 Å². The first kappa shape index (κ1) is 24.1. The van der Waals surface area contributed by atoms with E-state index in [2.05, 4.69) is 0 Å². The summed E-state index contributed by atoms with van der Waals surface area (Å²) in [5, 5.41) is 0. The van der Waals surface area contributed by atoms with E-state index in [1.165, 1.54) is 4.90 Å². The predicted octanol–water partition coefficient (Wildman–Crippen LogP) is -0.647. The topological polar surface area (TPSA) is 149 Å². The summed E-state index contributed by atoms with van der Waals surface area (Å²) >= 11 is 0.